The topological polar surface area (TPSA) is 22.1 Å². The number of aromatic nitrogens is 1. The quantitative estimate of drug-likeness (QED) is 0.596. The Balaban J connectivity index is 2.24. The van der Waals surface area contributed by atoms with Crippen LogP contribution in [0.5, 0.6) is 5.75 Å². The monoisotopic (exact) mass is 321 g/mol. The van der Waals surface area contributed by atoms with Crippen LogP contribution in [0.4, 0.5) is 0 Å². The molecule has 0 N–H and O–H groups in total. The van der Waals surface area contributed by atoms with Crippen molar-refractivity contribution in [2.45, 2.75) is 11.8 Å². The summed E-state index contributed by atoms with van der Waals surface area (Å²) < 4.78 is 5.42. The van der Waals surface area contributed by atoms with Crippen LogP contribution >= 0.6 is 11.8 Å². The van der Waals surface area contributed by atoms with Crippen molar-refractivity contribution in [1.82, 2.24) is 4.98 Å². The summed E-state index contributed by atoms with van der Waals surface area (Å²) in [5.74, 6) is 0.853. The van der Waals surface area contributed by atoms with Gasteiger partial charge in [-0.05, 0) is 54.1 Å². The molecule has 0 unspecified atom stereocenters. The number of hydrogen-bond donors (Lipinski definition) is 0. The van der Waals surface area contributed by atoms with Crippen molar-refractivity contribution >= 4 is 11.8 Å². The molecule has 116 valence electrons. The molecule has 3 rings (SSSR count). The molecule has 2 nitrogen and oxygen atoms in total. The van der Waals surface area contributed by atoms with E-state index in [1.54, 1.807) is 18.9 Å². The van der Waals surface area contributed by atoms with Crippen LogP contribution in [-0.4, -0.2) is 18.3 Å². The Morgan fingerprint density at radius 2 is 1.74 bits per heavy atom. The average Bonchev–Trinajstić information content (AvgIpc) is 2.62. The van der Waals surface area contributed by atoms with E-state index in [4.69, 9.17) is 4.74 Å². The van der Waals surface area contributed by atoms with E-state index in [1.807, 2.05) is 18.3 Å². The third-order valence-electron chi connectivity index (χ3n) is 3.94. The Kier molecular flexibility index (Phi) is 4.68. The van der Waals surface area contributed by atoms with E-state index in [9.17, 15) is 0 Å². The lowest BCUT2D eigenvalue weighted by atomic mass is 9.95. The van der Waals surface area contributed by atoms with Gasteiger partial charge in [0.05, 0.1) is 12.8 Å². The van der Waals surface area contributed by atoms with E-state index in [-0.39, 0.29) is 0 Å². The molecule has 0 aliphatic carbocycles. The van der Waals surface area contributed by atoms with Crippen LogP contribution in [0.25, 0.3) is 22.4 Å². The van der Waals surface area contributed by atoms with Gasteiger partial charge in [-0.25, -0.2) is 0 Å². The van der Waals surface area contributed by atoms with E-state index in [0.717, 1.165) is 28.1 Å². The molecule has 0 radical (unpaired) electrons. The fourth-order valence-corrected chi connectivity index (χ4v) is 3.32. The van der Waals surface area contributed by atoms with E-state index in [2.05, 4.69) is 60.6 Å². The highest BCUT2D eigenvalue weighted by Crippen LogP contribution is 2.37. The minimum atomic E-state index is 0.853. The Labute approximate surface area is 141 Å². The third-order valence-corrected chi connectivity index (χ3v) is 4.82. The van der Waals surface area contributed by atoms with Crippen molar-refractivity contribution in [3.05, 3.63) is 66.4 Å². The van der Waals surface area contributed by atoms with Crippen molar-refractivity contribution in [1.29, 1.82) is 0 Å². The van der Waals surface area contributed by atoms with Gasteiger partial charge < -0.3 is 4.74 Å². The molecule has 1 heterocycles. The highest BCUT2D eigenvalue weighted by atomic mass is 32.2. The number of benzene rings is 2. The summed E-state index contributed by atoms with van der Waals surface area (Å²) in [4.78, 5) is 5.90. The summed E-state index contributed by atoms with van der Waals surface area (Å²) in [6, 6.07) is 18.6. The van der Waals surface area contributed by atoms with Crippen LogP contribution in [0, 0.1) is 6.92 Å². The first-order chi connectivity index (χ1) is 11.2. The zero-order valence-electron chi connectivity index (χ0n) is 13.5. The molecular weight excluding hydrogens is 302 g/mol. The predicted octanol–water partition coefficient (Wildman–Crippen LogP) is 5.45. The first-order valence-corrected chi connectivity index (χ1v) is 8.70. The number of rotatable bonds is 4. The lowest BCUT2D eigenvalue weighted by molar-refractivity contribution is 0.415. The molecule has 0 aliphatic heterocycles. The molecule has 23 heavy (non-hydrogen) atoms. The van der Waals surface area contributed by atoms with Gasteiger partial charge in [0, 0.05) is 16.7 Å². The highest BCUT2D eigenvalue weighted by Gasteiger charge is 2.13. The maximum Gasteiger partial charge on any atom is 0.119 e. The summed E-state index contributed by atoms with van der Waals surface area (Å²) in [5.41, 5.74) is 5.67. The van der Waals surface area contributed by atoms with Crippen LogP contribution < -0.4 is 4.74 Å². The molecule has 0 bridgehead atoms. The lowest BCUT2D eigenvalue weighted by Crippen LogP contribution is -1.94. The van der Waals surface area contributed by atoms with Crippen LogP contribution in [0.2, 0.25) is 0 Å². The fourth-order valence-electron chi connectivity index (χ4n) is 2.72. The Morgan fingerprint density at radius 1 is 0.957 bits per heavy atom. The Hall–Kier alpha value is -2.26. The number of methoxy groups -OCH3 is 1. The van der Waals surface area contributed by atoms with Crippen LogP contribution in [0.3, 0.4) is 0 Å². The van der Waals surface area contributed by atoms with Crippen molar-refractivity contribution in [3.8, 4) is 28.1 Å². The standard InChI is InChI=1S/C20H19NOS/c1-14-19(23-3)11-12-21-20(14)17-10-9-16(22-2)13-18(17)15-7-5-4-6-8-15/h4-13H,1-3H3. The number of hydrogen-bond acceptors (Lipinski definition) is 3. The number of thioether (sulfide) groups is 1. The Bertz CT molecular complexity index is 815. The van der Waals surface area contributed by atoms with Crippen molar-refractivity contribution in [3.63, 3.8) is 0 Å². The summed E-state index contributed by atoms with van der Waals surface area (Å²) >= 11 is 1.75. The molecule has 0 aliphatic rings. The smallest absolute Gasteiger partial charge is 0.119 e. The van der Waals surface area contributed by atoms with Gasteiger partial charge in [0.15, 0.2) is 0 Å². The second kappa shape index (κ2) is 6.88. The zero-order valence-corrected chi connectivity index (χ0v) is 14.4. The average molecular weight is 321 g/mol. The largest absolute Gasteiger partial charge is 0.497 e. The highest BCUT2D eigenvalue weighted by molar-refractivity contribution is 7.98. The molecule has 0 fully saturated rings. The molecule has 2 aromatic carbocycles. The summed E-state index contributed by atoms with van der Waals surface area (Å²) in [6.45, 7) is 2.13. The maximum atomic E-state index is 5.42. The lowest BCUT2D eigenvalue weighted by Gasteiger charge is -2.14. The van der Waals surface area contributed by atoms with Crippen molar-refractivity contribution in [2.24, 2.45) is 0 Å². The van der Waals surface area contributed by atoms with Gasteiger partial charge in [0.1, 0.15) is 5.75 Å². The Morgan fingerprint density at radius 3 is 2.43 bits per heavy atom. The van der Waals surface area contributed by atoms with E-state index in [0.29, 0.717) is 0 Å². The molecule has 0 saturated heterocycles. The molecule has 3 heteroatoms. The number of nitrogens with zero attached hydrogens (tertiary/aromatic N) is 1. The summed E-state index contributed by atoms with van der Waals surface area (Å²) in [5, 5.41) is 0. The van der Waals surface area contributed by atoms with Crippen LogP contribution in [-0.2, 0) is 0 Å². The first kappa shape index (κ1) is 15.6. The van der Waals surface area contributed by atoms with Gasteiger partial charge in [0.2, 0.25) is 0 Å². The molecular formula is C20H19NOS. The maximum absolute atomic E-state index is 5.42. The fraction of sp³-hybridized carbons (Fsp3) is 0.150. The van der Waals surface area contributed by atoms with Gasteiger partial charge in [-0.3, -0.25) is 4.98 Å². The number of pyridine rings is 1. The van der Waals surface area contributed by atoms with Gasteiger partial charge in [0.25, 0.3) is 0 Å². The van der Waals surface area contributed by atoms with Crippen molar-refractivity contribution in [2.75, 3.05) is 13.4 Å². The normalized spacial score (nSPS) is 10.6. The SMILES string of the molecule is COc1ccc(-c2nccc(SC)c2C)c(-c2ccccc2)c1. The molecule has 1 aromatic heterocycles. The first-order valence-electron chi connectivity index (χ1n) is 7.48. The molecule has 0 spiro atoms. The van der Waals surface area contributed by atoms with E-state index >= 15 is 0 Å². The minimum absolute atomic E-state index is 0.853. The van der Waals surface area contributed by atoms with Gasteiger partial charge >= 0.3 is 0 Å². The molecule has 0 atom stereocenters. The van der Waals surface area contributed by atoms with Gasteiger partial charge in [-0.15, -0.1) is 11.8 Å². The zero-order chi connectivity index (χ0) is 16.2. The predicted molar refractivity (Wildman–Crippen MR) is 98.2 cm³/mol. The van der Waals surface area contributed by atoms with Crippen molar-refractivity contribution < 1.29 is 4.74 Å². The third kappa shape index (κ3) is 3.10. The molecule has 3 aromatic rings. The van der Waals surface area contributed by atoms with E-state index < -0.39 is 0 Å². The second-order valence-corrected chi connectivity index (χ2v) is 6.11. The molecule has 0 saturated carbocycles. The van der Waals surface area contributed by atoms with Gasteiger partial charge in [-0.1, -0.05) is 30.3 Å². The van der Waals surface area contributed by atoms with E-state index in [1.165, 1.54) is 10.5 Å². The van der Waals surface area contributed by atoms with Gasteiger partial charge in [-0.2, -0.15) is 0 Å². The summed E-state index contributed by atoms with van der Waals surface area (Å²) in [6.07, 6.45) is 3.98. The minimum Gasteiger partial charge on any atom is -0.497 e. The van der Waals surface area contributed by atoms with Crippen LogP contribution in [0.15, 0.2) is 65.7 Å². The molecule has 0 amide bonds. The summed E-state index contributed by atoms with van der Waals surface area (Å²) in [7, 11) is 1.70. The second-order valence-electron chi connectivity index (χ2n) is 5.26. The number of ether oxygens (including phenoxy) is 1. The van der Waals surface area contributed by atoms with Crippen LogP contribution in [0.1, 0.15) is 5.56 Å².